The highest BCUT2D eigenvalue weighted by atomic mass is 32.2. The van der Waals surface area contributed by atoms with Crippen LogP contribution in [0.3, 0.4) is 0 Å². The maximum Gasteiger partial charge on any atom is 0.0611 e. The first-order chi connectivity index (χ1) is 7.81. The first-order valence-corrected chi connectivity index (χ1v) is 6.72. The SMILES string of the molecule is CC(CCN)c1ccccc1SC1COC1. The normalized spacial score (nSPS) is 18.1. The molecular weight excluding hydrogens is 218 g/mol. The number of rotatable bonds is 5. The van der Waals surface area contributed by atoms with E-state index < -0.39 is 0 Å². The number of hydrogen-bond donors (Lipinski definition) is 1. The van der Waals surface area contributed by atoms with Crippen molar-refractivity contribution in [3.63, 3.8) is 0 Å². The van der Waals surface area contributed by atoms with Gasteiger partial charge < -0.3 is 10.5 Å². The van der Waals surface area contributed by atoms with Gasteiger partial charge in [0.15, 0.2) is 0 Å². The summed E-state index contributed by atoms with van der Waals surface area (Å²) in [6.45, 7) is 4.80. The van der Waals surface area contributed by atoms with Gasteiger partial charge in [-0.05, 0) is 30.5 Å². The lowest BCUT2D eigenvalue weighted by Gasteiger charge is -2.27. The van der Waals surface area contributed by atoms with E-state index in [9.17, 15) is 0 Å². The number of hydrogen-bond acceptors (Lipinski definition) is 3. The van der Waals surface area contributed by atoms with Crippen molar-refractivity contribution in [2.45, 2.75) is 29.4 Å². The Kier molecular flexibility index (Phi) is 4.27. The Balaban J connectivity index is 2.09. The average molecular weight is 237 g/mol. The molecule has 1 saturated heterocycles. The van der Waals surface area contributed by atoms with Gasteiger partial charge in [-0.2, -0.15) is 0 Å². The Labute approximate surface area is 102 Å². The van der Waals surface area contributed by atoms with E-state index in [1.807, 2.05) is 11.8 Å². The van der Waals surface area contributed by atoms with Crippen LogP contribution in [-0.4, -0.2) is 25.0 Å². The zero-order valence-electron chi connectivity index (χ0n) is 9.69. The second kappa shape index (κ2) is 5.71. The smallest absolute Gasteiger partial charge is 0.0611 e. The zero-order chi connectivity index (χ0) is 11.4. The fourth-order valence-corrected chi connectivity index (χ4v) is 3.11. The maximum atomic E-state index is 5.63. The van der Waals surface area contributed by atoms with Crippen molar-refractivity contribution in [1.29, 1.82) is 0 Å². The van der Waals surface area contributed by atoms with Crippen molar-refractivity contribution < 1.29 is 4.74 Å². The first-order valence-electron chi connectivity index (χ1n) is 5.84. The monoisotopic (exact) mass is 237 g/mol. The molecule has 1 aliphatic heterocycles. The third-order valence-electron chi connectivity index (χ3n) is 2.95. The van der Waals surface area contributed by atoms with Gasteiger partial charge in [0.1, 0.15) is 0 Å². The number of ether oxygens (including phenoxy) is 1. The summed E-state index contributed by atoms with van der Waals surface area (Å²) in [6, 6.07) is 8.66. The predicted octanol–water partition coefficient (Wildman–Crippen LogP) is 2.63. The minimum atomic E-state index is 0.551. The quantitative estimate of drug-likeness (QED) is 0.855. The highest BCUT2D eigenvalue weighted by Crippen LogP contribution is 2.34. The molecule has 0 saturated carbocycles. The molecule has 1 aromatic rings. The predicted molar refractivity (Wildman–Crippen MR) is 69.0 cm³/mol. The van der Waals surface area contributed by atoms with Gasteiger partial charge in [0.2, 0.25) is 0 Å². The van der Waals surface area contributed by atoms with E-state index in [4.69, 9.17) is 10.5 Å². The average Bonchev–Trinajstić information content (AvgIpc) is 2.24. The molecule has 16 heavy (non-hydrogen) atoms. The third kappa shape index (κ3) is 2.78. The minimum absolute atomic E-state index is 0.551. The van der Waals surface area contributed by atoms with E-state index in [-0.39, 0.29) is 0 Å². The molecule has 1 heterocycles. The fourth-order valence-electron chi connectivity index (χ4n) is 1.86. The summed E-state index contributed by atoms with van der Waals surface area (Å²) in [7, 11) is 0. The van der Waals surface area contributed by atoms with Crippen LogP contribution in [0.1, 0.15) is 24.8 Å². The summed E-state index contributed by atoms with van der Waals surface area (Å²) in [5.41, 5.74) is 7.06. The van der Waals surface area contributed by atoms with Crippen LogP contribution in [0.4, 0.5) is 0 Å². The third-order valence-corrected chi connectivity index (χ3v) is 4.18. The maximum absolute atomic E-state index is 5.63. The van der Waals surface area contributed by atoms with Crippen molar-refractivity contribution in [2.75, 3.05) is 19.8 Å². The lowest BCUT2D eigenvalue weighted by molar-refractivity contribution is 0.0455. The van der Waals surface area contributed by atoms with E-state index in [1.54, 1.807) is 0 Å². The number of thioether (sulfide) groups is 1. The summed E-state index contributed by atoms with van der Waals surface area (Å²) in [4.78, 5) is 1.40. The molecule has 0 amide bonds. The summed E-state index contributed by atoms with van der Waals surface area (Å²) >= 11 is 1.95. The van der Waals surface area contributed by atoms with Crippen LogP contribution >= 0.6 is 11.8 Å². The lowest BCUT2D eigenvalue weighted by Crippen LogP contribution is -2.30. The molecule has 0 radical (unpaired) electrons. The van der Waals surface area contributed by atoms with Gasteiger partial charge in [-0.15, -0.1) is 11.8 Å². The first kappa shape index (κ1) is 12.0. The van der Waals surface area contributed by atoms with Crippen LogP contribution in [0, 0.1) is 0 Å². The summed E-state index contributed by atoms with van der Waals surface area (Å²) in [6.07, 6.45) is 1.05. The standard InChI is InChI=1S/C13H19NOS/c1-10(6-7-14)12-4-2-3-5-13(12)16-11-8-15-9-11/h2-5,10-11H,6-9,14H2,1H3. The Hall–Kier alpha value is -0.510. The largest absolute Gasteiger partial charge is 0.379 e. The molecule has 1 fully saturated rings. The molecule has 3 heteroatoms. The molecule has 88 valence electrons. The molecule has 0 bridgehead atoms. The van der Waals surface area contributed by atoms with E-state index in [2.05, 4.69) is 31.2 Å². The molecule has 2 rings (SSSR count). The molecule has 2 nitrogen and oxygen atoms in total. The van der Waals surface area contributed by atoms with Crippen molar-refractivity contribution in [2.24, 2.45) is 5.73 Å². The van der Waals surface area contributed by atoms with Crippen LogP contribution in [0.25, 0.3) is 0 Å². The highest BCUT2D eigenvalue weighted by Gasteiger charge is 2.21. The molecule has 1 aliphatic rings. The summed E-state index contributed by atoms with van der Waals surface area (Å²) < 4.78 is 5.21. The molecule has 1 atom stereocenters. The van der Waals surface area contributed by atoms with Gasteiger partial charge in [0, 0.05) is 4.90 Å². The van der Waals surface area contributed by atoms with E-state index in [0.717, 1.165) is 26.2 Å². The van der Waals surface area contributed by atoms with Crippen LogP contribution < -0.4 is 5.73 Å². The summed E-state index contributed by atoms with van der Waals surface area (Å²) in [5, 5.41) is 0.645. The van der Waals surface area contributed by atoms with E-state index in [1.165, 1.54) is 10.5 Å². The van der Waals surface area contributed by atoms with Gasteiger partial charge in [-0.25, -0.2) is 0 Å². The van der Waals surface area contributed by atoms with Crippen LogP contribution in [-0.2, 0) is 4.74 Å². The summed E-state index contributed by atoms with van der Waals surface area (Å²) in [5.74, 6) is 0.551. The molecule has 0 aliphatic carbocycles. The van der Waals surface area contributed by atoms with Gasteiger partial charge >= 0.3 is 0 Å². The minimum Gasteiger partial charge on any atom is -0.379 e. The van der Waals surface area contributed by atoms with Crippen LogP contribution in [0.15, 0.2) is 29.2 Å². The zero-order valence-corrected chi connectivity index (χ0v) is 10.5. The van der Waals surface area contributed by atoms with Gasteiger partial charge in [-0.1, -0.05) is 25.1 Å². The van der Waals surface area contributed by atoms with E-state index >= 15 is 0 Å². The van der Waals surface area contributed by atoms with Crippen molar-refractivity contribution in [3.8, 4) is 0 Å². The second-order valence-corrected chi connectivity index (χ2v) is 5.64. The van der Waals surface area contributed by atoms with Crippen LogP contribution in [0.2, 0.25) is 0 Å². The molecule has 0 spiro atoms. The lowest BCUT2D eigenvalue weighted by atomic mass is 9.98. The van der Waals surface area contributed by atoms with Gasteiger partial charge in [-0.3, -0.25) is 0 Å². The fraction of sp³-hybridized carbons (Fsp3) is 0.538. The van der Waals surface area contributed by atoms with Crippen molar-refractivity contribution in [1.82, 2.24) is 0 Å². The Morgan fingerprint density at radius 2 is 2.19 bits per heavy atom. The molecule has 0 aromatic heterocycles. The molecule has 1 aromatic carbocycles. The Morgan fingerprint density at radius 1 is 1.44 bits per heavy atom. The highest BCUT2D eigenvalue weighted by molar-refractivity contribution is 8.00. The van der Waals surface area contributed by atoms with Gasteiger partial charge in [0.25, 0.3) is 0 Å². The van der Waals surface area contributed by atoms with E-state index in [0.29, 0.717) is 11.2 Å². The molecular formula is C13H19NOS. The second-order valence-electron chi connectivity index (χ2n) is 4.29. The number of benzene rings is 1. The topological polar surface area (TPSA) is 35.2 Å². The molecule has 2 N–H and O–H groups in total. The Bertz CT molecular complexity index is 338. The van der Waals surface area contributed by atoms with Crippen molar-refractivity contribution >= 4 is 11.8 Å². The molecule has 1 unspecified atom stereocenters. The number of nitrogens with two attached hydrogens (primary N) is 1. The Morgan fingerprint density at radius 3 is 2.81 bits per heavy atom. The van der Waals surface area contributed by atoms with Crippen LogP contribution in [0.5, 0.6) is 0 Å². The van der Waals surface area contributed by atoms with Gasteiger partial charge in [0.05, 0.1) is 18.5 Å². The van der Waals surface area contributed by atoms with Crippen molar-refractivity contribution in [3.05, 3.63) is 29.8 Å².